The van der Waals surface area contributed by atoms with Gasteiger partial charge < -0.3 is 14.2 Å². The van der Waals surface area contributed by atoms with Crippen molar-refractivity contribution in [2.45, 2.75) is 6.92 Å². The molecule has 3 heterocycles. The van der Waals surface area contributed by atoms with Crippen molar-refractivity contribution in [3.05, 3.63) is 46.5 Å². The fourth-order valence-corrected chi connectivity index (χ4v) is 5.09. The van der Waals surface area contributed by atoms with Gasteiger partial charge in [0.25, 0.3) is 5.91 Å². The molecular weight excluding hydrogens is 485 g/mol. The Morgan fingerprint density at radius 3 is 2.67 bits per heavy atom. The highest BCUT2D eigenvalue weighted by molar-refractivity contribution is 7.22. The molecule has 0 bridgehead atoms. The Hall–Kier alpha value is -2.10. The van der Waals surface area contributed by atoms with Crippen LogP contribution in [0.1, 0.15) is 15.9 Å². The molecule has 2 aliphatic heterocycles. The van der Waals surface area contributed by atoms with E-state index >= 15 is 0 Å². The van der Waals surface area contributed by atoms with Crippen LogP contribution in [0, 0.1) is 6.92 Å². The molecule has 1 amide bonds. The summed E-state index contributed by atoms with van der Waals surface area (Å²) < 4.78 is 17.8. The molecular formula is C23H25Cl2N3O4S. The molecule has 1 aromatic heterocycles. The predicted octanol–water partition coefficient (Wildman–Crippen LogP) is 4.43. The molecule has 33 heavy (non-hydrogen) atoms. The number of aryl methyl sites for hydroxylation is 1. The summed E-state index contributed by atoms with van der Waals surface area (Å²) in [5, 5.41) is 1.34. The van der Waals surface area contributed by atoms with Crippen LogP contribution in [0.25, 0.3) is 10.2 Å². The summed E-state index contributed by atoms with van der Waals surface area (Å²) in [7, 11) is 0. The van der Waals surface area contributed by atoms with E-state index in [0.717, 1.165) is 48.6 Å². The van der Waals surface area contributed by atoms with Gasteiger partial charge in [-0.3, -0.25) is 14.6 Å². The largest absolute Gasteiger partial charge is 0.486 e. The van der Waals surface area contributed by atoms with Crippen molar-refractivity contribution in [2.24, 2.45) is 0 Å². The van der Waals surface area contributed by atoms with Crippen molar-refractivity contribution >= 4 is 56.6 Å². The number of amides is 1. The summed E-state index contributed by atoms with van der Waals surface area (Å²) in [5.41, 5.74) is 2.31. The number of benzene rings is 2. The van der Waals surface area contributed by atoms with E-state index in [0.29, 0.717) is 47.0 Å². The van der Waals surface area contributed by atoms with Gasteiger partial charge in [0, 0.05) is 36.8 Å². The Balaban J connectivity index is 0.00000259. The normalized spacial score (nSPS) is 15.8. The summed E-state index contributed by atoms with van der Waals surface area (Å²) in [5.74, 6) is 1.15. The number of aromatic nitrogens is 1. The second-order valence-electron chi connectivity index (χ2n) is 7.78. The number of rotatable bonds is 5. The maximum atomic E-state index is 13.7. The molecule has 10 heteroatoms. The first-order chi connectivity index (χ1) is 15.6. The number of carbonyl (C=O) groups excluding carboxylic acids is 1. The molecule has 1 saturated heterocycles. The van der Waals surface area contributed by atoms with Crippen molar-refractivity contribution < 1.29 is 19.0 Å². The van der Waals surface area contributed by atoms with Gasteiger partial charge in [-0.05, 0) is 42.8 Å². The molecule has 7 nitrogen and oxygen atoms in total. The number of ether oxygens (including phenoxy) is 3. The molecule has 0 radical (unpaired) electrons. The van der Waals surface area contributed by atoms with Crippen LogP contribution in [-0.2, 0) is 4.74 Å². The van der Waals surface area contributed by atoms with Crippen LogP contribution in [0.4, 0.5) is 5.13 Å². The number of hydrogen-bond acceptors (Lipinski definition) is 7. The van der Waals surface area contributed by atoms with Crippen LogP contribution in [-0.4, -0.2) is 68.4 Å². The highest BCUT2D eigenvalue weighted by Crippen LogP contribution is 2.35. The lowest BCUT2D eigenvalue weighted by Gasteiger charge is -2.29. The van der Waals surface area contributed by atoms with E-state index in [-0.39, 0.29) is 18.3 Å². The highest BCUT2D eigenvalue weighted by atomic mass is 35.5. The summed E-state index contributed by atoms with van der Waals surface area (Å²) in [6.07, 6.45) is 0. The molecule has 1 fully saturated rings. The van der Waals surface area contributed by atoms with Crippen LogP contribution in [0.3, 0.4) is 0 Å². The van der Waals surface area contributed by atoms with E-state index < -0.39 is 0 Å². The third kappa shape index (κ3) is 5.05. The van der Waals surface area contributed by atoms with Crippen LogP contribution in [0.2, 0.25) is 5.02 Å². The molecule has 0 aliphatic carbocycles. The van der Waals surface area contributed by atoms with Crippen molar-refractivity contribution in [1.29, 1.82) is 0 Å². The standard InChI is InChI=1S/C23H24ClN3O4S.ClH/c1-15-17(24)3-5-20-21(15)25-23(32-20)27(7-6-26-8-10-29-11-9-26)22(28)16-2-4-18-19(14-16)31-13-12-30-18;/h2-5,14H,6-13H2,1H3;1H. The van der Waals surface area contributed by atoms with Crippen molar-refractivity contribution in [3.63, 3.8) is 0 Å². The molecule has 0 spiro atoms. The number of anilines is 1. The van der Waals surface area contributed by atoms with Crippen LogP contribution in [0.15, 0.2) is 30.3 Å². The summed E-state index contributed by atoms with van der Waals surface area (Å²) >= 11 is 7.81. The smallest absolute Gasteiger partial charge is 0.260 e. The van der Waals surface area contributed by atoms with E-state index in [2.05, 4.69) is 4.90 Å². The van der Waals surface area contributed by atoms with Crippen LogP contribution >= 0.6 is 35.3 Å². The molecule has 0 atom stereocenters. The van der Waals surface area contributed by atoms with E-state index in [1.54, 1.807) is 23.1 Å². The average molecular weight is 510 g/mol. The summed E-state index contributed by atoms with van der Waals surface area (Å²) in [4.78, 5) is 22.5. The maximum Gasteiger partial charge on any atom is 0.260 e. The zero-order valence-electron chi connectivity index (χ0n) is 18.2. The van der Waals surface area contributed by atoms with E-state index in [4.69, 9.17) is 30.8 Å². The molecule has 0 unspecified atom stereocenters. The van der Waals surface area contributed by atoms with Gasteiger partial charge in [-0.2, -0.15) is 0 Å². The second-order valence-corrected chi connectivity index (χ2v) is 9.20. The molecule has 2 aliphatic rings. The summed E-state index contributed by atoms with van der Waals surface area (Å²) in [6, 6.07) is 9.17. The van der Waals surface area contributed by atoms with Gasteiger partial charge in [-0.15, -0.1) is 12.4 Å². The molecule has 5 rings (SSSR count). The van der Waals surface area contributed by atoms with E-state index in [1.165, 1.54) is 11.3 Å². The third-order valence-corrected chi connectivity index (χ3v) is 7.20. The van der Waals surface area contributed by atoms with Gasteiger partial charge in [0.15, 0.2) is 16.6 Å². The first-order valence-electron chi connectivity index (χ1n) is 10.7. The van der Waals surface area contributed by atoms with Gasteiger partial charge in [0.2, 0.25) is 0 Å². The summed E-state index contributed by atoms with van der Waals surface area (Å²) in [6.45, 7) is 7.37. The Morgan fingerprint density at radius 2 is 1.88 bits per heavy atom. The third-order valence-electron chi connectivity index (χ3n) is 5.75. The quantitative estimate of drug-likeness (QED) is 0.506. The van der Waals surface area contributed by atoms with Crippen molar-refractivity contribution in [3.8, 4) is 11.5 Å². The van der Waals surface area contributed by atoms with Gasteiger partial charge >= 0.3 is 0 Å². The Kier molecular flexibility index (Phi) is 7.61. The zero-order valence-corrected chi connectivity index (χ0v) is 20.6. The zero-order chi connectivity index (χ0) is 22.1. The number of thiazole rings is 1. The van der Waals surface area contributed by atoms with Crippen LogP contribution in [0.5, 0.6) is 11.5 Å². The lowest BCUT2D eigenvalue weighted by molar-refractivity contribution is 0.0391. The number of morpholine rings is 1. The van der Waals surface area contributed by atoms with Gasteiger partial charge in [0.05, 0.1) is 23.4 Å². The minimum absolute atomic E-state index is 0. The fourth-order valence-electron chi connectivity index (χ4n) is 3.89. The minimum Gasteiger partial charge on any atom is -0.486 e. The lowest BCUT2D eigenvalue weighted by Crippen LogP contribution is -2.43. The second kappa shape index (κ2) is 10.4. The Bertz CT molecular complexity index is 1150. The number of nitrogens with zero attached hydrogens (tertiary/aromatic N) is 3. The maximum absolute atomic E-state index is 13.7. The number of fused-ring (bicyclic) bond motifs is 2. The monoisotopic (exact) mass is 509 g/mol. The first-order valence-corrected chi connectivity index (χ1v) is 11.9. The van der Waals surface area contributed by atoms with Crippen molar-refractivity contribution in [2.75, 3.05) is 57.5 Å². The number of carbonyl (C=O) groups is 1. The average Bonchev–Trinajstić information content (AvgIpc) is 3.26. The number of hydrogen-bond donors (Lipinski definition) is 0. The molecule has 3 aromatic rings. The highest BCUT2D eigenvalue weighted by Gasteiger charge is 2.25. The van der Waals surface area contributed by atoms with E-state index in [1.807, 2.05) is 19.1 Å². The van der Waals surface area contributed by atoms with E-state index in [9.17, 15) is 4.79 Å². The van der Waals surface area contributed by atoms with Crippen molar-refractivity contribution in [1.82, 2.24) is 9.88 Å². The van der Waals surface area contributed by atoms with Crippen LogP contribution < -0.4 is 14.4 Å². The SMILES string of the molecule is Cc1c(Cl)ccc2sc(N(CCN3CCOCC3)C(=O)c3ccc4c(c3)OCCO4)nc12.Cl. The number of halogens is 2. The molecule has 176 valence electrons. The first kappa shape index (κ1) is 24.0. The lowest BCUT2D eigenvalue weighted by atomic mass is 10.1. The Labute approximate surface area is 207 Å². The van der Waals surface area contributed by atoms with Gasteiger partial charge in [-0.1, -0.05) is 22.9 Å². The van der Waals surface area contributed by atoms with Gasteiger partial charge in [-0.25, -0.2) is 4.98 Å². The topological polar surface area (TPSA) is 64.1 Å². The molecule has 0 N–H and O–H groups in total. The van der Waals surface area contributed by atoms with Gasteiger partial charge in [0.1, 0.15) is 13.2 Å². The molecule has 2 aromatic carbocycles. The fraction of sp³-hybridized carbons (Fsp3) is 0.391. The Morgan fingerprint density at radius 1 is 1.12 bits per heavy atom. The minimum atomic E-state index is -0.113. The molecule has 0 saturated carbocycles. The predicted molar refractivity (Wildman–Crippen MR) is 133 cm³/mol.